The van der Waals surface area contributed by atoms with Crippen LogP contribution in [-0.2, 0) is 4.74 Å². The molecule has 0 aliphatic carbocycles. The molecular formula is C12H23NO. The summed E-state index contributed by atoms with van der Waals surface area (Å²) in [6.45, 7) is 13.8. The third-order valence-corrected chi connectivity index (χ3v) is 2.62. The zero-order chi connectivity index (χ0) is 10.8. The fraction of sp³-hybridized carbons (Fsp3) is 0.833. The van der Waals surface area contributed by atoms with Gasteiger partial charge < -0.3 is 10.1 Å². The van der Waals surface area contributed by atoms with E-state index in [2.05, 4.69) is 39.9 Å². The molecule has 1 aliphatic rings. The van der Waals surface area contributed by atoms with Crippen molar-refractivity contribution in [3.05, 3.63) is 11.3 Å². The maximum atomic E-state index is 5.59. The standard InChI is InChI=1S/C12H23NO/c1-9(2)11-10(12(3,4)5)8-14-7-6-13-11/h9,13H,6-8H2,1-5H3. The minimum absolute atomic E-state index is 0.205. The van der Waals surface area contributed by atoms with Gasteiger partial charge in [0.2, 0.25) is 0 Å². The highest BCUT2D eigenvalue weighted by Gasteiger charge is 2.24. The lowest BCUT2D eigenvalue weighted by Gasteiger charge is -2.27. The van der Waals surface area contributed by atoms with Gasteiger partial charge in [-0.3, -0.25) is 0 Å². The molecule has 0 amide bonds. The number of rotatable bonds is 1. The Balaban J connectivity index is 2.99. The van der Waals surface area contributed by atoms with Crippen LogP contribution < -0.4 is 5.32 Å². The molecule has 2 heteroatoms. The van der Waals surface area contributed by atoms with Crippen LogP contribution in [0.4, 0.5) is 0 Å². The molecule has 0 bridgehead atoms. The summed E-state index contributed by atoms with van der Waals surface area (Å²) < 4.78 is 5.59. The normalized spacial score (nSPS) is 19.6. The van der Waals surface area contributed by atoms with E-state index < -0.39 is 0 Å². The van der Waals surface area contributed by atoms with Gasteiger partial charge in [-0.05, 0) is 16.9 Å². The molecule has 0 spiro atoms. The Labute approximate surface area is 87.7 Å². The molecule has 0 aromatic rings. The minimum atomic E-state index is 0.205. The highest BCUT2D eigenvalue weighted by atomic mass is 16.5. The van der Waals surface area contributed by atoms with Crippen LogP contribution >= 0.6 is 0 Å². The number of nitrogens with one attached hydrogen (secondary N) is 1. The molecule has 0 aromatic heterocycles. The van der Waals surface area contributed by atoms with Crippen molar-refractivity contribution in [2.75, 3.05) is 19.8 Å². The van der Waals surface area contributed by atoms with E-state index in [0.29, 0.717) is 5.92 Å². The summed E-state index contributed by atoms with van der Waals surface area (Å²) in [5.41, 5.74) is 3.01. The molecule has 0 saturated carbocycles. The molecule has 0 radical (unpaired) electrons. The molecule has 1 aliphatic heterocycles. The van der Waals surface area contributed by atoms with Crippen LogP contribution in [0.15, 0.2) is 11.3 Å². The van der Waals surface area contributed by atoms with Gasteiger partial charge in [-0.25, -0.2) is 0 Å². The average Bonchev–Trinajstić information content (AvgIpc) is 2.26. The average molecular weight is 197 g/mol. The number of allylic oxidation sites excluding steroid dienone is 1. The quantitative estimate of drug-likeness (QED) is 0.697. The lowest BCUT2D eigenvalue weighted by molar-refractivity contribution is 0.155. The Morgan fingerprint density at radius 3 is 2.43 bits per heavy atom. The molecule has 1 heterocycles. The summed E-state index contributed by atoms with van der Waals surface area (Å²) in [5, 5.41) is 3.49. The zero-order valence-electron chi connectivity index (χ0n) is 10.1. The van der Waals surface area contributed by atoms with Crippen molar-refractivity contribution < 1.29 is 4.74 Å². The van der Waals surface area contributed by atoms with Gasteiger partial charge in [0.15, 0.2) is 0 Å². The molecule has 2 nitrogen and oxygen atoms in total. The predicted molar refractivity (Wildman–Crippen MR) is 60.1 cm³/mol. The molecule has 1 N–H and O–H groups in total. The van der Waals surface area contributed by atoms with Crippen molar-refractivity contribution in [1.82, 2.24) is 5.32 Å². The van der Waals surface area contributed by atoms with Gasteiger partial charge in [0.1, 0.15) is 0 Å². The van der Waals surface area contributed by atoms with Gasteiger partial charge in [0, 0.05) is 12.2 Å². The summed E-state index contributed by atoms with van der Waals surface area (Å²) in [4.78, 5) is 0. The van der Waals surface area contributed by atoms with Gasteiger partial charge in [-0.2, -0.15) is 0 Å². The Kier molecular flexibility index (Phi) is 3.59. The molecule has 14 heavy (non-hydrogen) atoms. The van der Waals surface area contributed by atoms with Crippen LogP contribution in [-0.4, -0.2) is 19.8 Å². The summed E-state index contributed by atoms with van der Waals surface area (Å²) in [7, 11) is 0. The van der Waals surface area contributed by atoms with Gasteiger partial charge in [0.05, 0.1) is 13.2 Å². The second kappa shape index (κ2) is 4.35. The summed E-state index contributed by atoms with van der Waals surface area (Å²) in [5.74, 6) is 0.561. The highest BCUT2D eigenvalue weighted by Crippen LogP contribution is 2.30. The van der Waals surface area contributed by atoms with E-state index in [1.54, 1.807) is 0 Å². The lowest BCUT2D eigenvalue weighted by Crippen LogP contribution is -2.24. The van der Waals surface area contributed by atoms with Crippen LogP contribution in [0.1, 0.15) is 34.6 Å². The monoisotopic (exact) mass is 197 g/mol. The van der Waals surface area contributed by atoms with Gasteiger partial charge >= 0.3 is 0 Å². The topological polar surface area (TPSA) is 21.3 Å². The van der Waals surface area contributed by atoms with Crippen LogP contribution in [0.2, 0.25) is 0 Å². The maximum absolute atomic E-state index is 5.59. The van der Waals surface area contributed by atoms with Gasteiger partial charge in [-0.15, -0.1) is 0 Å². The molecule has 0 unspecified atom stereocenters. The summed E-state index contributed by atoms with van der Waals surface area (Å²) in [6.07, 6.45) is 0. The lowest BCUT2D eigenvalue weighted by atomic mass is 9.83. The molecule has 0 aromatic carbocycles. The fourth-order valence-electron chi connectivity index (χ4n) is 1.79. The van der Waals surface area contributed by atoms with Crippen LogP contribution in [0, 0.1) is 11.3 Å². The molecule has 0 fully saturated rings. The number of ether oxygens (including phenoxy) is 1. The van der Waals surface area contributed by atoms with E-state index in [-0.39, 0.29) is 5.41 Å². The van der Waals surface area contributed by atoms with Crippen molar-refractivity contribution in [2.24, 2.45) is 11.3 Å². The van der Waals surface area contributed by atoms with E-state index >= 15 is 0 Å². The highest BCUT2D eigenvalue weighted by molar-refractivity contribution is 5.21. The number of hydrogen-bond acceptors (Lipinski definition) is 2. The Morgan fingerprint density at radius 1 is 1.29 bits per heavy atom. The maximum Gasteiger partial charge on any atom is 0.0702 e. The van der Waals surface area contributed by atoms with E-state index in [4.69, 9.17) is 4.74 Å². The second-order valence-corrected chi connectivity index (χ2v) is 5.28. The number of hydrogen-bond donors (Lipinski definition) is 1. The van der Waals surface area contributed by atoms with Gasteiger partial charge in [-0.1, -0.05) is 34.6 Å². The first-order valence-electron chi connectivity index (χ1n) is 5.48. The van der Waals surface area contributed by atoms with Crippen LogP contribution in [0.5, 0.6) is 0 Å². The SMILES string of the molecule is CC(C)C1=C(C(C)(C)C)COCCN1. The smallest absolute Gasteiger partial charge is 0.0702 e. The third kappa shape index (κ3) is 2.74. The van der Waals surface area contributed by atoms with Crippen molar-refractivity contribution in [1.29, 1.82) is 0 Å². The minimum Gasteiger partial charge on any atom is -0.386 e. The summed E-state index contributed by atoms with van der Waals surface area (Å²) >= 11 is 0. The Morgan fingerprint density at radius 2 is 1.93 bits per heavy atom. The molecule has 0 atom stereocenters. The third-order valence-electron chi connectivity index (χ3n) is 2.62. The Hall–Kier alpha value is -0.500. The molecule has 1 rings (SSSR count). The first kappa shape index (κ1) is 11.6. The predicted octanol–water partition coefficient (Wildman–Crippen LogP) is 2.56. The summed E-state index contributed by atoms with van der Waals surface area (Å²) in [6, 6.07) is 0. The largest absolute Gasteiger partial charge is 0.386 e. The van der Waals surface area contributed by atoms with E-state index in [1.807, 2.05) is 0 Å². The van der Waals surface area contributed by atoms with Crippen LogP contribution in [0.25, 0.3) is 0 Å². The zero-order valence-corrected chi connectivity index (χ0v) is 10.1. The first-order chi connectivity index (χ1) is 6.43. The van der Waals surface area contributed by atoms with Crippen LogP contribution in [0.3, 0.4) is 0 Å². The van der Waals surface area contributed by atoms with Crippen molar-refractivity contribution in [3.8, 4) is 0 Å². The second-order valence-electron chi connectivity index (χ2n) is 5.28. The molecule has 0 saturated heterocycles. The van der Waals surface area contributed by atoms with E-state index in [0.717, 1.165) is 19.8 Å². The van der Waals surface area contributed by atoms with E-state index in [1.165, 1.54) is 11.3 Å². The van der Waals surface area contributed by atoms with Crippen molar-refractivity contribution in [3.63, 3.8) is 0 Å². The Bertz CT molecular complexity index is 223. The van der Waals surface area contributed by atoms with Crippen molar-refractivity contribution in [2.45, 2.75) is 34.6 Å². The molecule has 82 valence electrons. The van der Waals surface area contributed by atoms with Gasteiger partial charge in [0.25, 0.3) is 0 Å². The van der Waals surface area contributed by atoms with Crippen molar-refractivity contribution >= 4 is 0 Å². The first-order valence-corrected chi connectivity index (χ1v) is 5.48. The van der Waals surface area contributed by atoms with E-state index in [9.17, 15) is 0 Å². The fourth-order valence-corrected chi connectivity index (χ4v) is 1.79. The molecular weight excluding hydrogens is 174 g/mol.